The fraction of sp³-hybridized carbons (Fsp3) is 0.238. The van der Waals surface area contributed by atoms with Gasteiger partial charge in [0.1, 0.15) is 29.2 Å². The zero-order chi connectivity index (χ0) is 22.6. The fourth-order valence-corrected chi connectivity index (χ4v) is 3.55. The van der Waals surface area contributed by atoms with Crippen LogP contribution in [-0.2, 0) is 10.0 Å². The Bertz CT molecular complexity index is 1210. The van der Waals surface area contributed by atoms with Crippen molar-refractivity contribution in [2.75, 3.05) is 20.7 Å². The molecule has 0 spiro atoms. The summed E-state index contributed by atoms with van der Waals surface area (Å²) in [4.78, 5) is 18.6. The zero-order valence-electron chi connectivity index (χ0n) is 17.3. The number of aromatic amines is 1. The van der Waals surface area contributed by atoms with Crippen LogP contribution in [0.1, 0.15) is 6.92 Å². The molecule has 2 aromatic carbocycles. The van der Waals surface area contributed by atoms with Crippen molar-refractivity contribution in [3.05, 3.63) is 65.1 Å². The number of aliphatic hydroxyl groups excluding tert-OH is 1. The van der Waals surface area contributed by atoms with Crippen molar-refractivity contribution in [3.8, 4) is 28.6 Å². The molecule has 10 heteroatoms. The lowest BCUT2D eigenvalue weighted by atomic mass is 10.2. The van der Waals surface area contributed by atoms with Gasteiger partial charge in [-0.1, -0.05) is 0 Å². The van der Waals surface area contributed by atoms with Gasteiger partial charge in [-0.25, -0.2) is 17.7 Å². The third-order valence-corrected chi connectivity index (χ3v) is 6.09. The van der Waals surface area contributed by atoms with Crippen molar-refractivity contribution >= 4 is 10.0 Å². The van der Waals surface area contributed by atoms with E-state index in [-0.39, 0.29) is 17.1 Å². The molecular weight excluding hydrogens is 422 g/mol. The molecule has 164 valence electrons. The molecule has 3 rings (SSSR count). The van der Waals surface area contributed by atoms with Gasteiger partial charge in [0.15, 0.2) is 0 Å². The van der Waals surface area contributed by atoms with Crippen molar-refractivity contribution < 1.29 is 23.0 Å². The summed E-state index contributed by atoms with van der Waals surface area (Å²) in [6.45, 7) is 1.53. The van der Waals surface area contributed by atoms with E-state index in [2.05, 4.69) is 9.97 Å². The predicted molar refractivity (Wildman–Crippen MR) is 115 cm³/mol. The largest absolute Gasteiger partial charge is 0.488 e. The van der Waals surface area contributed by atoms with Gasteiger partial charge in [-0.2, -0.15) is 0 Å². The van der Waals surface area contributed by atoms with Gasteiger partial charge in [0, 0.05) is 38.0 Å². The van der Waals surface area contributed by atoms with Crippen molar-refractivity contribution in [3.63, 3.8) is 0 Å². The van der Waals surface area contributed by atoms with Crippen LogP contribution in [0.5, 0.6) is 17.2 Å². The van der Waals surface area contributed by atoms with E-state index < -0.39 is 16.1 Å². The van der Waals surface area contributed by atoms with Crippen LogP contribution in [0.15, 0.2) is 64.4 Å². The first-order chi connectivity index (χ1) is 14.7. The molecule has 1 atom stereocenters. The highest BCUT2D eigenvalue weighted by Crippen LogP contribution is 2.32. The van der Waals surface area contributed by atoms with Gasteiger partial charge in [-0.15, -0.1) is 0 Å². The molecule has 0 aliphatic heterocycles. The number of nitrogens with zero attached hydrogens (tertiary/aromatic N) is 2. The number of rotatable bonds is 8. The maximum absolute atomic E-state index is 12.2. The molecular formula is C21H23N3O6S. The minimum absolute atomic E-state index is 0.144. The topological polar surface area (TPSA) is 122 Å². The van der Waals surface area contributed by atoms with Crippen molar-refractivity contribution in [1.29, 1.82) is 0 Å². The summed E-state index contributed by atoms with van der Waals surface area (Å²) in [6.07, 6.45) is 0.934. The zero-order valence-corrected chi connectivity index (χ0v) is 18.1. The lowest BCUT2D eigenvalue weighted by molar-refractivity contribution is 0.129. The predicted octanol–water partition coefficient (Wildman–Crippen LogP) is 2.24. The molecule has 9 nitrogen and oxygen atoms in total. The van der Waals surface area contributed by atoms with Crippen molar-refractivity contribution in [1.82, 2.24) is 14.3 Å². The summed E-state index contributed by atoms with van der Waals surface area (Å²) in [5, 5.41) is 9.29. The highest BCUT2D eigenvalue weighted by molar-refractivity contribution is 7.89. The van der Waals surface area contributed by atoms with E-state index >= 15 is 0 Å². The molecule has 0 amide bonds. The Morgan fingerprint density at radius 2 is 1.74 bits per heavy atom. The summed E-state index contributed by atoms with van der Waals surface area (Å²) in [5.74, 6) is 1.53. The summed E-state index contributed by atoms with van der Waals surface area (Å²) < 4.78 is 37.1. The second-order valence-electron chi connectivity index (χ2n) is 6.95. The van der Waals surface area contributed by atoms with Gasteiger partial charge in [0.05, 0.1) is 11.5 Å². The van der Waals surface area contributed by atoms with Crippen LogP contribution in [-0.4, -0.2) is 54.6 Å². The number of sulfonamides is 1. The normalized spacial score (nSPS) is 12.5. The Balaban J connectivity index is 1.95. The number of H-pyrrole nitrogens is 1. The minimum atomic E-state index is -3.54. The van der Waals surface area contributed by atoms with Crippen LogP contribution >= 0.6 is 0 Å². The van der Waals surface area contributed by atoms with E-state index in [0.717, 1.165) is 4.31 Å². The smallest absolute Gasteiger partial charge is 0.251 e. The van der Waals surface area contributed by atoms with E-state index in [1.807, 2.05) is 0 Å². The molecule has 3 aromatic rings. The fourth-order valence-electron chi connectivity index (χ4n) is 2.65. The van der Waals surface area contributed by atoms with Gasteiger partial charge in [-0.3, -0.25) is 4.79 Å². The highest BCUT2D eigenvalue weighted by atomic mass is 32.2. The molecule has 0 aliphatic rings. The molecule has 0 bridgehead atoms. The Labute approximate surface area is 180 Å². The average molecular weight is 445 g/mol. The molecule has 1 unspecified atom stereocenters. The average Bonchev–Trinajstić information content (AvgIpc) is 2.73. The second kappa shape index (κ2) is 9.29. The van der Waals surface area contributed by atoms with Crippen LogP contribution in [0, 0.1) is 0 Å². The standard InChI is InChI=1S/C21H23N3O6S/c1-14(13-25)29-17-10-15(21-22-9-8-20(26)23-21)11-18(12-17)30-16-4-6-19(7-5-16)31(27,28)24(2)3/h4-12,14,25H,13H2,1-3H3,(H,22,23,26). The Morgan fingerprint density at radius 1 is 1.06 bits per heavy atom. The van der Waals surface area contributed by atoms with Crippen LogP contribution < -0.4 is 15.0 Å². The van der Waals surface area contributed by atoms with Crippen LogP contribution in [0.25, 0.3) is 11.4 Å². The Hall–Kier alpha value is -3.21. The molecule has 31 heavy (non-hydrogen) atoms. The van der Waals surface area contributed by atoms with Crippen molar-refractivity contribution in [2.24, 2.45) is 0 Å². The quantitative estimate of drug-likeness (QED) is 0.545. The first-order valence-corrected chi connectivity index (χ1v) is 10.8. The monoisotopic (exact) mass is 445 g/mol. The number of aromatic nitrogens is 2. The molecule has 0 saturated carbocycles. The molecule has 2 N–H and O–H groups in total. The number of hydrogen-bond donors (Lipinski definition) is 2. The third kappa shape index (κ3) is 5.48. The maximum Gasteiger partial charge on any atom is 0.251 e. The van der Waals surface area contributed by atoms with E-state index in [4.69, 9.17) is 9.47 Å². The van der Waals surface area contributed by atoms with E-state index in [1.165, 1.54) is 38.5 Å². The van der Waals surface area contributed by atoms with Gasteiger partial charge in [0.25, 0.3) is 5.56 Å². The summed E-state index contributed by atoms with van der Waals surface area (Å²) in [6, 6.07) is 12.3. The first kappa shape index (κ1) is 22.5. The van der Waals surface area contributed by atoms with Crippen LogP contribution in [0.3, 0.4) is 0 Å². The van der Waals surface area contributed by atoms with E-state index in [9.17, 15) is 18.3 Å². The highest BCUT2D eigenvalue weighted by Gasteiger charge is 2.17. The van der Waals surface area contributed by atoms with Gasteiger partial charge < -0.3 is 19.6 Å². The molecule has 1 aromatic heterocycles. The Morgan fingerprint density at radius 3 is 2.35 bits per heavy atom. The van der Waals surface area contributed by atoms with Gasteiger partial charge in [0.2, 0.25) is 10.0 Å². The molecule has 0 radical (unpaired) electrons. The summed E-state index contributed by atoms with van der Waals surface area (Å²) in [5.41, 5.74) is 0.238. The molecule has 0 saturated heterocycles. The third-order valence-electron chi connectivity index (χ3n) is 4.26. The lowest BCUT2D eigenvalue weighted by Gasteiger charge is -2.15. The summed E-state index contributed by atoms with van der Waals surface area (Å²) >= 11 is 0. The first-order valence-electron chi connectivity index (χ1n) is 9.38. The van der Waals surface area contributed by atoms with E-state index in [1.54, 1.807) is 37.3 Å². The van der Waals surface area contributed by atoms with Crippen LogP contribution in [0.4, 0.5) is 0 Å². The van der Waals surface area contributed by atoms with Crippen molar-refractivity contribution in [2.45, 2.75) is 17.9 Å². The maximum atomic E-state index is 12.2. The molecule has 1 heterocycles. The lowest BCUT2D eigenvalue weighted by Crippen LogP contribution is -2.22. The number of aliphatic hydroxyl groups is 1. The molecule has 0 aliphatic carbocycles. The Kier molecular flexibility index (Phi) is 6.74. The van der Waals surface area contributed by atoms with E-state index in [0.29, 0.717) is 28.6 Å². The minimum Gasteiger partial charge on any atom is -0.488 e. The number of hydrogen-bond acceptors (Lipinski definition) is 7. The number of benzene rings is 2. The van der Waals surface area contributed by atoms with Crippen LogP contribution in [0.2, 0.25) is 0 Å². The van der Waals surface area contributed by atoms with Gasteiger partial charge >= 0.3 is 0 Å². The van der Waals surface area contributed by atoms with Gasteiger partial charge in [-0.05, 0) is 43.3 Å². The summed E-state index contributed by atoms with van der Waals surface area (Å²) in [7, 11) is -0.624. The molecule has 0 fully saturated rings. The number of ether oxygens (including phenoxy) is 2. The second-order valence-corrected chi connectivity index (χ2v) is 9.10. The SMILES string of the molecule is CC(CO)Oc1cc(Oc2ccc(S(=O)(=O)N(C)C)cc2)cc(-c2nccc(=O)[nH]2)c1. The number of nitrogens with one attached hydrogen (secondary N) is 1.